The Morgan fingerprint density at radius 2 is 1.73 bits per heavy atom. The lowest BCUT2D eigenvalue weighted by atomic mass is 9.99. The third-order valence-electron chi connectivity index (χ3n) is 8.08. The van der Waals surface area contributed by atoms with Crippen LogP contribution in [0.25, 0.3) is 27.7 Å². The molecule has 9 nitrogen and oxygen atoms in total. The number of hydrogen-bond donors (Lipinski definition) is 2. The molecule has 0 bridgehead atoms. The van der Waals surface area contributed by atoms with Crippen molar-refractivity contribution < 1.29 is 54.6 Å². The number of rotatable bonds is 7. The Morgan fingerprint density at radius 3 is 2.41 bits per heavy atom. The van der Waals surface area contributed by atoms with Crippen LogP contribution in [-0.2, 0) is 22.1 Å². The molecule has 6 rings (SSSR count). The topological polar surface area (TPSA) is 109 Å². The summed E-state index contributed by atoms with van der Waals surface area (Å²) in [6.45, 7) is -1.26. The van der Waals surface area contributed by atoms with E-state index in [2.05, 4.69) is 9.97 Å². The molecule has 0 radical (unpaired) electrons. The fourth-order valence-corrected chi connectivity index (χ4v) is 5.84. The first-order valence-electron chi connectivity index (χ1n) is 14.5. The first kappa shape index (κ1) is 33.6. The Hall–Kier alpha value is -5.32. The lowest BCUT2D eigenvalue weighted by Gasteiger charge is -2.38. The number of alkyl halides is 6. The molecule has 0 saturated carbocycles. The number of hydrogen-bond acceptors (Lipinski definition) is 6. The minimum absolute atomic E-state index is 0.0193. The number of imidazole rings is 1. The van der Waals surface area contributed by atoms with Crippen LogP contribution in [0.4, 0.5) is 40.8 Å². The van der Waals surface area contributed by atoms with E-state index < -0.39 is 83.5 Å². The van der Waals surface area contributed by atoms with Crippen LogP contribution in [0, 0.1) is 11.6 Å². The van der Waals surface area contributed by atoms with Crippen molar-refractivity contribution in [1.82, 2.24) is 19.7 Å². The van der Waals surface area contributed by atoms with Crippen LogP contribution in [0.1, 0.15) is 21.6 Å². The number of halogens is 8. The predicted molar refractivity (Wildman–Crippen MR) is 158 cm³/mol. The van der Waals surface area contributed by atoms with Crippen LogP contribution in [-0.4, -0.2) is 69.4 Å². The summed E-state index contributed by atoms with van der Waals surface area (Å²) < 4.78 is 120. The molecular formula is C32H23F8N5O4. The maximum atomic E-state index is 15.1. The average molecular weight is 694 g/mol. The molecule has 1 unspecified atom stereocenters. The van der Waals surface area contributed by atoms with E-state index in [9.17, 15) is 41.0 Å². The number of carboxylic acid groups (broad SMARTS) is 1. The first-order valence-corrected chi connectivity index (χ1v) is 14.5. The number of nitrogens with zero attached hydrogens (tertiary/aromatic N) is 4. The first-order chi connectivity index (χ1) is 23.1. The second-order valence-corrected chi connectivity index (χ2v) is 11.1. The largest absolute Gasteiger partial charge is 0.480 e. The summed E-state index contributed by atoms with van der Waals surface area (Å²) in [5, 5.41) is 12.1. The molecule has 1 fully saturated rings. The molecule has 2 aromatic carbocycles. The highest BCUT2D eigenvalue weighted by molar-refractivity contribution is 5.97. The van der Waals surface area contributed by atoms with Crippen molar-refractivity contribution in [3.63, 3.8) is 0 Å². The third-order valence-corrected chi connectivity index (χ3v) is 8.08. The van der Waals surface area contributed by atoms with Gasteiger partial charge in [-0.3, -0.25) is 9.78 Å². The summed E-state index contributed by atoms with van der Waals surface area (Å²) >= 11 is 0. The number of benzene rings is 2. The zero-order chi connectivity index (χ0) is 35.2. The van der Waals surface area contributed by atoms with Crippen LogP contribution in [0.2, 0.25) is 0 Å². The van der Waals surface area contributed by atoms with Crippen molar-refractivity contribution >= 4 is 34.0 Å². The number of ether oxygens (including phenoxy) is 1. The van der Waals surface area contributed by atoms with E-state index >= 15 is 8.78 Å². The molecule has 5 aromatic rings. The third kappa shape index (κ3) is 6.45. The van der Waals surface area contributed by atoms with Gasteiger partial charge in [-0.1, -0.05) is 24.3 Å². The fraction of sp³-hybridized carbons (Fsp3) is 0.250. The Labute approximate surface area is 270 Å². The standard InChI is InChI=1S/C32H23F8N5O4/c33-21-11-18(44-9-10-49-15-24(44)31(35,36)37)12-22(34)25(21)29(46)43-23(30(47)48)13-17-5-6-20(28-41-7-8-45(17)28)27-26(32(38,39)40)19-4-2-1-3-16(19)14-42-27/h1-8,11-12,14,23-24H,9-10,13,15H2,(H,43,46)(H,47,48)/t23-,24?/m0/s1. The lowest BCUT2D eigenvalue weighted by Crippen LogP contribution is -2.53. The van der Waals surface area contributed by atoms with Gasteiger partial charge < -0.3 is 24.5 Å². The second kappa shape index (κ2) is 12.6. The molecule has 49 heavy (non-hydrogen) atoms. The molecule has 2 N–H and O–H groups in total. The zero-order valence-electron chi connectivity index (χ0n) is 24.8. The smallest absolute Gasteiger partial charge is 0.419 e. The Balaban J connectivity index is 1.30. The van der Waals surface area contributed by atoms with Gasteiger partial charge in [-0.25, -0.2) is 18.6 Å². The van der Waals surface area contributed by atoms with E-state index in [0.29, 0.717) is 17.0 Å². The molecule has 256 valence electrons. The van der Waals surface area contributed by atoms with Crippen molar-refractivity contribution in [2.24, 2.45) is 0 Å². The van der Waals surface area contributed by atoms with E-state index in [-0.39, 0.29) is 40.8 Å². The van der Waals surface area contributed by atoms with Gasteiger partial charge in [-0.15, -0.1) is 0 Å². The number of aromatic nitrogens is 3. The summed E-state index contributed by atoms with van der Waals surface area (Å²) in [5.41, 5.74) is -3.06. The van der Waals surface area contributed by atoms with E-state index in [1.165, 1.54) is 53.3 Å². The minimum Gasteiger partial charge on any atom is -0.480 e. The summed E-state index contributed by atoms with van der Waals surface area (Å²) in [4.78, 5) is 34.1. The number of carbonyl (C=O) groups is 2. The number of amides is 1. The van der Waals surface area contributed by atoms with Crippen LogP contribution in [0.5, 0.6) is 0 Å². The minimum atomic E-state index is -4.81. The highest BCUT2D eigenvalue weighted by Crippen LogP contribution is 2.41. The molecule has 1 aliphatic heterocycles. The van der Waals surface area contributed by atoms with Crippen molar-refractivity contribution in [3.05, 3.63) is 95.6 Å². The SMILES string of the molecule is O=C(N[C@@H](Cc1ccc(-c2ncc3ccccc3c2C(F)(F)F)c2nccn12)C(=O)O)c1c(F)cc(N2CCOCC2C(F)(F)F)cc1F. The van der Waals surface area contributed by atoms with Crippen LogP contribution >= 0.6 is 0 Å². The summed E-state index contributed by atoms with van der Waals surface area (Å²) in [6.07, 6.45) is -6.23. The van der Waals surface area contributed by atoms with Gasteiger partial charge in [0, 0.05) is 53.9 Å². The molecule has 3 aromatic heterocycles. The van der Waals surface area contributed by atoms with E-state index in [0.717, 1.165) is 0 Å². The number of nitrogens with one attached hydrogen (secondary N) is 1. The maximum absolute atomic E-state index is 15.1. The van der Waals surface area contributed by atoms with E-state index in [1.807, 2.05) is 5.32 Å². The van der Waals surface area contributed by atoms with Gasteiger partial charge in [-0.2, -0.15) is 26.3 Å². The van der Waals surface area contributed by atoms with Gasteiger partial charge in [0.1, 0.15) is 34.9 Å². The molecule has 2 atom stereocenters. The van der Waals surface area contributed by atoms with Crippen molar-refractivity contribution in [1.29, 1.82) is 0 Å². The van der Waals surface area contributed by atoms with Gasteiger partial charge in [0.15, 0.2) is 0 Å². The van der Waals surface area contributed by atoms with Gasteiger partial charge in [0.25, 0.3) is 5.91 Å². The number of aliphatic carboxylic acids is 1. The summed E-state index contributed by atoms with van der Waals surface area (Å²) in [7, 11) is 0. The number of fused-ring (bicyclic) bond motifs is 2. The molecule has 0 spiro atoms. The number of carbonyl (C=O) groups excluding carboxylic acids is 1. The Bertz CT molecular complexity index is 2060. The number of pyridine rings is 2. The monoisotopic (exact) mass is 693 g/mol. The number of morpholine rings is 1. The summed E-state index contributed by atoms with van der Waals surface area (Å²) in [5.74, 6) is -6.19. The van der Waals surface area contributed by atoms with Gasteiger partial charge in [0.2, 0.25) is 0 Å². The zero-order valence-corrected chi connectivity index (χ0v) is 24.8. The van der Waals surface area contributed by atoms with Crippen LogP contribution < -0.4 is 10.2 Å². The highest BCUT2D eigenvalue weighted by atomic mass is 19.4. The molecule has 4 heterocycles. The quantitative estimate of drug-likeness (QED) is 0.200. The molecular weight excluding hydrogens is 670 g/mol. The van der Waals surface area contributed by atoms with Crippen LogP contribution in [0.15, 0.2) is 67.1 Å². The molecule has 1 aliphatic rings. The second-order valence-electron chi connectivity index (χ2n) is 11.1. The fourth-order valence-electron chi connectivity index (χ4n) is 5.84. The molecule has 0 aliphatic carbocycles. The average Bonchev–Trinajstić information content (AvgIpc) is 3.53. The summed E-state index contributed by atoms with van der Waals surface area (Å²) in [6, 6.07) is 5.45. The predicted octanol–water partition coefficient (Wildman–Crippen LogP) is 6.04. The molecule has 17 heteroatoms. The van der Waals surface area contributed by atoms with Crippen molar-refractivity contribution in [2.45, 2.75) is 30.9 Å². The van der Waals surface area contributed by atoms with E-state index in [4.69, 9.17) is 4.74 Å². The lowest BCUT2D eigenvalue weighted by molar-refractivity contribution is -0.167. The van der Waals surface area contributed by atoms with Crippen LogP contribution in [0.3, 0.4) is 0 Å². The maximum Gasteiger partial charge on any atom is 0.419 e. The van der Waals surface area contributed by atoms with Gasteiger partial charge in [0.05, 0.1) is 24.5 Å². The Kier molecular flexibility index (Phi) is 8.64. The normalized spacial score (nSPS) is 16.2. The van der Waals surface area contributed by atoms with Gasteiger partial charge in [-0.05, 0) is 29.7 Å². The molecule has 1 saturated heterocycles. The highest BCUT2D eigenvalue weighted by Gasteiger charge is 2.46. The number of anilines is 1. The van der Waals surface area contributed by atoms with Crippen molar-refractivity contribution in [3.8, 4) is 11.3 Å². The molecule has 1 amide bonds. The van der Waals surface area contributed by atoms with Gasteiger partial charge >= 0.3 is 18.3 Å². The van der Waals surface area contributed by atoms with Crippen molar-refractivity contribution in [2.75, 3.05) is 24.7 Å². The Morgan fingerprint density at radius 1 is 1.02 bits per heavy atom. The van der Waals surface area contributed by atoms with E-state index in [1.54, 1.807) is 6.07 Å². The number of carboxylic acids is 1.